The number of piperazine rings is 1. The standard InChI is InChI=1S/C16H30N4O4S/c1-25(23,24)19-9-7-18(8-10-19)11-14(21)12-20-13-3-2-5-16(20,6-4-13)15(17)22/h13-14,21H,2-12H2,1H3,(H2,17,22)/t13?,14?,16-/m0/s1. The normalized spacial score (nSPS) is 33.4. The van der Waals surface area contributed by atoms with E-state index in [2.05, 4.69) is 9.80 Å². The number of carbonyl (C=O) groups is 1. The second-order valence-corrected chi connectivity index (χ2v) is 9.73. The molecule has 0 spiro atoms. The number of fused-ring (bicyclic) bond motifs is 2. The third kappa shape index (κ3) is 3.85. The van der Waals surface area contributed by atoms with Crippen molar-refractivity contribution in [2.45, 2.75) is 49.8 Å². The average Bonchev–Trinajstić information content (AvgIpc) is 2.74. The molecule has 8 nitrogen and oxygen atoms in total. The lowest BCUT2D eigenvalue weighted by Crippen LogP contribution is -2.60. The van der Waals surface area contributed by atoms with E-state index in [4.69, 9.17) is 5.73 Å². The Hall–Kier alpha value is -0.740. The highest BCUT2D eigenvalue weighted by molar-refractivity contribution is 7.88. The molecule has 0 radical (unpaired) electrons. The summed E-state index contributed by atoms with van der Waals surface area (Å²) in [6.45, 7) is 3.12. The SMILES string of the molecule is CS(=O)(=O)N1CCN(CC(O)CN2C3CCC[C@@]2(C(N)=O)CC3)CC1. The van der Waals surface area contributed by atoms with Crippen molar-refractivity contribution < 1.29 is 18.3 Å². The highest BCUT2D eigenvalue weighted by atomic mass is 32.2. The summed E-state index contributed by atoms with van der Waals surface area (Å²) >= 11 is 0. The van der Waals surface area contributed by atoms with Crippen LogP contribution in [0.2, 0.25) is 0 Å². The molecule has 0 aromatic carbocycles. The summed E-state index contributed by atoms with van der Waals surface area (Å²) in [7, 11) is -3.14. The van der Waals surface area contributed by atoms with Gasteiger partial charge in [0.05, 0.1) is 12.4 Å². The molecular formula is C16H30N4O4S. The molecular weight excluding hydrogens is 344 g/mol. The fraction of sp³-hybridized carbons (Fsp3) is 0.938. The zero-order chi connectivity index (χ0) is 18.2. The van der Waals surface area contributed by atoms with Gasteiger partial charge >= 0.3 is 0 Å². The molecule has 2 unspecified atom stereocenters. The third-order valence-electron chi connectivity index (χ3n) is 6.14. The molecule has 3 atom stereocenters. The maximum absolute atomic E-state index is 12.1. The van der Waals surface area contributed by atoms with E-state index in [0.717, 1.165) is 32.1 Å². The van der Waals surface area contributed by atoms with Gasteiger partial charge in [-0.2, -0.15) is 4.31 Å². The number of piperidine rings is 1. The Morgan fingerprint density at radius 2 is 1.88 bits per heavy atom. The number of amides is 1. The molecule has 144 valence electrons. The molecule has 3 heterocycles. The zero-order valence-electron chi connectivity index (χ0n) is 14.9. The van der Waals surface area contributed by atoms with Crippen molar-refractivity contribution in [1.82, 2.24) is 14.1 Å². The molecule has 0 aromatic rings. The van der Waals surface area contributed by atoms with E-state index in [9.17, 15) is 18.3 Å². The minimum Gasteiger partial charge on any atom is -0.390 e. The molecule has 3 saturated heterocycles. The lowest BCUT2D eigenvalue weighted by Gasteiger charge is -2.44. The first kappa shape index (κ1) is 19.0. The summed E-state index contributed by atoms with van der Waals surface area (Å²) in [5.41, 5.74) is 5.14. The van der Waals surface area contributed by atoms with Crippen molar-refractivity contribution >= 4 is 15.9 Å². The molecule has 0 saturated carbocycles. The van der Waals surface area contributed by atoms with Crippen molar-refractivity contribution in [3.8, 4) is 0 Å². The van der Waals surface area contributed by atoms with E-state index in [1.54, 1.807) is 0 Å². The summed E-state index contributed by atoms with van der Waals surface area (Å²) in [6, 6.07) is 0.345. The van der Waals surface area contributed by atoms with Crippen molar-refractivity contribution in [3.63, 3.8) is 0 Å². The number of sulfonamides is 1. The van der Waals surface area contributed by atoms with Crippen molar-refractivity contribution in [1.29, 1.82) is 0 Å². The quantitative estimate of drug-likeness (QED) is 0.605. The van der Waals surface area contributed by atoms with E-state index < -0.39 is 21.7 Å². The lowest BCUT2D eigenvalue weighted by atomic mass is 9.87. The summed E-state index contributed by atoms with van der Waals surface area (Å²) in [5, 5.41) is 10.6. The predicted molar refractivity (Wildman–Crippen MR) is 94.4 cm³/mol. The second kappa shape index (κ2) is 7.11. The third-order valence-corrected chi connectivity index (χ3v) is 7.45. The Bertz CT molecular complexity index is 601. The molecule has 3 rings (SSSR count). The van der Waals surface area contributed by atoms with Crippen LogP contribution in [0.5, 0.6) is 0 Å². The van der Waals surface area contributed by atoms with Crippen molar-refractivity contribution in [3.05, 3.63) is 0 Å². The predicted octanol–water partition coefficient (Wildman–Crippen LogP) is -1.20. The summed E-state index contributed by atoms with van der Waals surface area (Å²) in [6.07, 6.45) is 5.31. The van der Waals surface area contributed by atoms with Gasteiger partial charge in [-0.05, 0) is 32.1 Å². The van der Waals surface area contributed by atoms with E-state index in [1.807, 2.05) is 0 Å². The average molecular weight is 375 g/mol. The highest BCUT2D eigenvalue weighted by Crippen LogP contribution is 2.43. The molecule has 3 fully saturated rings. The Morgan fingerprint density at radius 3 is 2.48 bits per heavy atom. The first-order chi connectivity index (χ1) is 11.7. The Balaban J connectivity index is 1.55. The van der Waals surface area contributed by atoms with Crippen LogP contribution >= 0.6 is 0 Å². The largest absolute Gasteiger partial charge is 0.390 e. The van der Waals surface area contributed by atoms with Crippen LogP contribution < -0.4 is 5.73 Å². The number of primary amides is 1. The van der Waals surface area contributed by atoms with Gasteiger partial charge in [0.25, 0.3) is 0 Å². The fourth-order valence-electron chi connectivity index (χ4n) is 4.79. The Labute approximate surface area is 150 Å². The molecule has 1 amide bonds. The number of hydrogen-bond acceptors (Lipinski definition) is 6. The highest BCUT2D eigenvalue weighted by Gasteiger charge is 2.52. The number of carbonyl (C=O) groups excluding carboxylic acids is 1. The first-order valence-electron chi connectivity index (χ1n) is 9.14. The lowest BCUT2D eigenvalue weighted by molar-refractivity contribution is -0.132. The minimum atomic E-state index is -3.14. The second-order valence-electron chi connectivity index (χ2n) is 7.75. The Kier molecular flexibility index (Phi) is 5.41. The van der Waals surface area contributed by atoms with Crippen LogP contribution in [0.1, 0.15) is 32.1 Å². The minimum absolute atomic E-state index is 0.260. The molecule has 3 aliphatic rings. The first-order valence-corrected chi connectivity index (χ1v) is 11.0. The number of rotatable bonds is 6. The topological polar surface area (TPSA) is 107 Å². The van der Waals surface area contributed by atoms with Crippen molar-refractivity contribution in [2.24, 2.45) is 5.73 Å². The monoisotopic (exact) mass is 374 g/mol. The number of nitrogens with zero attached hydrogens (tertiary/aromatic N) is 3. The molecule has 2 bridgehead atoms. The van der Waals surface area contributed by atoms with Crippen molar-refractivity contribution in [2.75, 3.05) is 45.5 Å². The van der Waals surface area contributed by atoms with E-state index in [0.29, 0.717) is 45.3 Å². The van der Waals surface area contributed by atoms with Crippen LogP contribution in [0.25, 0.3) is 0 Å². The van der Waals surface area contributed by atoms with Crippen LogP contribution in [-0.2, 0) is 14.8 Å². The van der Waals surface area contributed by atoms with Crippen LogP contribution in [0, 0.1) is 0 Å². The van der Waals surface area contributed by atoms with Gasteiger partial charge in [-0.25, -0.2) is 8.42 Å². The molecule has 3 N–H and O–H groups in total. The molecule has 0 aromatic heterocycles. The van der Waals surface area contributed by atoms with Crippen LogP contribution in [0.15, 0.2) is 0 Å². The zero-order valence-corrected chi connectivity index (χ0v) is 15.7. The smallest absolute Gasteiger partial charge is 0.237 e. The van der Waals surface area contributed by atoms with Gasteiger partial charge in [-0.1, -0.05) is 0 Å². The summed E-state index contributed by atoms with van der Waals surface area (Å²) < 4.78 is 24.6. The van der Waals surface area contributed by atoms with Gasteiger partial charge in [0.15, 0.2) is 0 Å². The molecule has 9 heteroatoms. The maximum atomic E-state index is 12.1. The number of β-amino-alcohol motifs (C(OH)–C–C–N with tert-alkyl or cyclic N) is 1. The van der Waals surface area contributed by atoms with Gasteiger partial charge < -0.3 is 10.8 Å². The number of hydrogen-bond donors (Lipinski definition) is 2. The van der Waals surface area contributed by atoms with Crippen LogP contribution in [-0.4, -0.2) is 96.7 Å². The molecule has 3 aliphatic heterocycles. The van der Waals surface area contributed by atoms with E-state index in [1.165, 1.54) is 10.6 Å². The van der Waals surface area contributed by atoms with Gasteiger partial charge in [0, 0.05) is 45.3 Å². The number of nitrogens with two attached hydrogens (primary N) is 1. The van der Waals surface area contributed by atoms with Crippen LogP contribution in [0.3, 0.4) is 0 Å². The number of aliphatic hydroxyl groups excluding tert-OH is 1. The van der Waals surface area contributed by atoms with Gasteiger partial charge in [0.1, 0.15) is 5.54 Å². The van der Waals surface area contributed by atoms with E-state index in [-0.39, 0.29) is 5.91 Å². The fourth-order valence-corrected chi connectivity index (χ4v) is 5.62. The molecule has 25 heavy (non-hydrogen) atoms. The van der Waals surface area contributed by atoms with Gasteiger partial charge in [-0.3, -0.25) is 14.6 Å². The maximum Gasteiger partial charge on any atom is 0.237 e. The summed E-state index contributed by atoms with van der Waals surface area (Å²) in [4.78, 5) is 16.3. The number of aliphatic hydroxyl groups is 1. The summed E-state index contributed by atoms with van der Waals surface area (Å²) in [5.74, 6) is -0.260. The van der Waals surface area contributed by atoms with E-state index >= 15 is 0 Å². The van der Waals surface area contributed by atoms with Gasteiger partial charge in [-0.15, -0.1) is 0 Å². The Morgan fingerprint density at radius 1 is 1.20 bits per heavy atom. The molecule has 0 aliphatic carbocycles. The van der Waals surface area contributed by atoms with Gasteiger partial charge in [0.2, 0.25) is 15.9 Å². The van der Waals surface area contributed by atoms with Crippen LogP contribution in [0.4, 0.5) is 0 Å².